The fourth-order valence-corrected chi connectivity index (χ4v) is 4.07. The average molecular weight is 481 g/mol. The Kier molecular flexibility index (Phi) is 6.55. The first-order valence-electron chi connectivity index (χ1n) is 10.2. The van der Waals surface area contributed by atoms with Crippen LogP contribution in [0.15, 0.2) is 82.6 Å². The standard InChI is InChI=1S/C23H20N4O6S/c1-2-19(33-23(29)15-6-11-18-20(13-15)32-14-25-18)22(28)26-16-7-9-17(10-8-16)34(30,31)27-21-5-3-4-12-24-21/h3-14,19H,2H2,1H3,(H,24,27)(H,26,28). The first kappa shape index (κ1) is 22.9. The minimum absolute atomic E-state index is 0.00238. The van der Waals surface area contributed by atoms with Gasteiger partial charge in [-0.25, -0.2) is 23.2 Å². The Morgan fingerprint density at radius 2 is 1.85 bits per heavy atom. The van der Waals surface area contributed by atoms with Crippen molar-refractivity contribution in [3.8, 4) is 0 Å². The Bertz CT molecular complexity index is 1420. The highest BCUT2D eigenvalue weighted by molar-refractivity contribution is 7.92. The van der Waals surface area contributed by atoms with Crippen LogP contribution in [0.4, 0.5) is 11.5 Å². The third-order valence-electron chi connectivity index (χ3n) is 4.82. The lowest BCUT2D eigenvalue weighted by molar-refractivity contribution is -0.124. The summed E-state index contributed by atoms with van der Waals surface area (Å²) < 4.78 is 37.9. The number of pyridine rings is 1. The largest absolute Gasteiger partial charge is 0.449 e. The van der Waals surface area contributed by atoms with Gasteiger partial charge in [0.1, 0.15) is 11.3 Å². The minimum atomic E-state index is -3.84. The highest BCUT2D eigenvalue weighted by Gasteiger charge is 2.23. The third kappa shape index (κ3) is 5.21. The van der Waals surface area contributed by atoms with Gasteiger partial charge in [-0.05, 0) is 61.0 Å². The molecule has 0 aliphatic rings. The van der Waals surface area contributed by atoms with Crippen LogP contribution in [0.3, 0.4) is 0 Å². The van der Waals surface area contributed by atoms with E-state index in [0.717, 1.165) is 0 Å². The number of hydrogen-bond donors (Lipinski definition) is 2. The van der Waals surface area contributed by atoms with Crippen molar-refractivity contribution in [3.05, 3.63) is 78.8 Å². The van der Waals surface area contributed by atoms with Crippen LogP contribution in [0.2, 0.25) is 0 Å². The van der Waals surface area contributed by atoms with Crippen molar-refractivity contribution in [1.29, 1.82) is 0 Å². The van der Waals surface area contributed by atoms with Crippen molar-refractivity contribution in [1.82, 2.24) is 9.97 Å². The van der Waals surface area contributed by atoms with Gasteiger partial charge in [-0.2, -0.15) is 0 Å². The number of benzene rings is 2. The number of ether oxygens (including phenoxy) is 1. The zero-order valence-corrected chi connectivity index (χ0v) is 18.8. The maximum Gasteiger partial charge on any atom is 0.339 e. The number of amides is 1. The number of esters is 1. The van der Waals surface area contributed by atoms with Crippen molar-refractivity contribution < 1.29 is 27.2 Å². The molecule has 4 rings (SSSR count). The second-order valence-electron chi connectivity index (χ2n) is 7.17. The quantitative estimate of drug-likeness (QED) is 0.365. The minimum Gasteiger partial charge on any atom is -0.449 e. The zero-order valence-electron chi connectivity index (χ0n) is 18.0. The van der Waals surface area contributed by atoms with Gasteiger partial charge in [0, 0.05) is 11.9 Å². The number of rotatable bonds is 8. The average Bonchev–Trinajstić information content (AvgIpc) is 3.31. The van der Waals surface area contributed by atoms with Gasteiger partial charge < -0.3 is 14.5 Å². The van der Waals surface area contributed by atoms with Crippen LogP contribution in [0.1, 0.15) is 23.7 Å². The van der Waals surface area contributed by atoms with Crippen LogP contribution in [0.5, 0.6) is 0 Å². The van der Waals surface area contributed by atoms with Gasteiger partial charge in [0.05, 0.1) is 10.5 Å². The molecule has 2 heterocycles. The lowest BCUT2D eigenvalue weighted by Crippen LogP contribution is -2.32. The Morgan fingerprint density at radius 1 is 1.06 bits per heavy atom. The summed E-state index contributed by atoms with van der Waals surface area (Å²) >= 11 is 0. The van der Waals surface area contributed by atoms with Crippen molar-refractivity contribution >= 4 is 44.5 Å². The number of carbonyl (C=O) groups excluding carboxylic acids is 2. The maximum absolute atomic E-state index is 12.6. The van der Waals surface area contributed by atoms with E-state index in [1.807, 2.05) is 0 Å². The van der Waals surface area contributed by atoms with Gasteiger partial charge in [0.15, 0.2) is 18.1 Å². The van der Waals surface area contributed by atoms with E-state index in [1.165, 1.54) is 55.1 Å². The molecule has 11 heteroatoms. The third-order valence-corrected chi connectivity index (χ3v) is 6.19. The molecule has 0 aliphatic carbocycles. The summed E-state index contributed by atoms with van der Waals surface area (Å²) in [5.74, 6) is -1.03. The molecule has 1 amide bonds. The van der Waals surface area contributed by atoms with Gasteiger partial charge in [-0.3, -0.25) is 9.52 Å². The maximum atomic E-state index is 12.6. The summed E-state index contributed by atoms with van der Waals surface area (Å²) in [6.45, 7) is 1.70. The van der Waals surface area contributed by atoms with E-state index in [4.69, 9.17) is 9.15 Å². The predicted molar refractivity (Wildman–Crippen MR) is 124 cm³/mol. The SMILES string of the molecule is CCC(OC(=O)c1ccc2ncoc2c1)C(=O)Nc1ccc(S(=O)(=O)Nc2ccccn2)cc1. The van der Waals surface area contributed by atoms with E-state index >= 15 is 0 Å². The molecular weight excluding hydrogens is 460 g/mol. The van der Waals surface area contributed by atoms with Crippen molar-refractivity contribution in [2.45, 2.75) is 24.3 Å². The molecule has 0 fully saturated rings. The summed E-state index contributed by atoms with van der Waals surface area (Å²) in [7, 11) is -3.84. The number of aromatic nitrogens is 2. The molecular formula is C23H20N4O6S. The molecule has 0 radical (unpaired) electrons. The summed E-state index contributed by atoms with van der Waals surface area (Å²) in [4.78, 5) is 33.1. The first-order chi connectivity index (χ1) is 16.4. The van der Waals surface area contributed by atoms with E-state index in [-0.39, 0.29) is 22.7 Å². The van der Waals surface area contributed by atoms with E-state index in [2.05, 4.69) is 20.0 Å². The molecule has 1 unspecified atom stereocenters. The number of oxazole rings is 1. The lowest BCUT2D eigenvalue weighted by Gasteiger charge is -2.16. The van der Waals surface area contributed by atoms with Gasteiger partial charge in [0.25, 0.3) is 15.9 Å². The van der Waals surface area contributed by atoms with Crippen LogP contribution in [-0.4, -0.2) is 36.4 Å². The van der Waals surface area contributed by atoms with Crippen LogP contribution in [0, 0.1) is 0 Å². The molecule has 0 saturated heterocycles. The number of nitrogens with zero attached hydrogens (tertiary/aromatic N) is 2. The highest BCUT2D eigenvalue weighted by atomic mass is 32.2. The van der Waals surface area contributed by atoms with Crippen LogP contribution < -0.4 is 10.0 Å². The van der Waals surface area contributed by atoms with Crippen LogP contribution in [-0.2, 0) is 19.6 Å². The normalized spacial score (nSPS) is 12.1. The fraction of sp³-hybridized carbons (Fsp3) is 0.130. The van der Waals surface area contributed by atoms with Crippen LogP contribution in [0.25, 0.3) is 11.1 Å². The highest BCUT2D eigenvalue weighted by Crippen LogP contribution is 2.19. The molecule has 2 N–H and O–H groups in total. The summed E-state index contributed by atoms with van der Waals surface area (Å²) in [6, 6.07) is 15.1. The molecule has 0 spiro atoms. The molecule has 10 nitrogen and oxygen atoms in total. The number of carbonyl (C=O) groups is 2. The van der Waals surface area contributed by atoms with E-state index in [9.17, 15) is 18.0 Å². The van der Waals surface area contributed by atoms with E-state index in [1.54, 1.807) is 25.1 Å². The van der Waals surface area contributed by atoms with E-state index < -0.39 is 28.0 Å². The molecule has 174 valence electrons. The number of sulfonamides is 1. The Labute approximate surface area is 195 Å². The number of fused-ring (bicyclic) bond motifs is 1. The summed E-state index contributed by atoms with van der Waals surface area (Å²) in [5.41, 5.74) is 1.60. The van der Waals surface area contributed by atoms with Crippen molar-refractivity contribution in [2.24, 2.45) is 0 Å². The lowest BCUT2D eigenvalue weighted by atomic mass is 10.2. The van der Waals surface area contributed by atoms with Gasteiger partial charge in [0.2, 0.25) is 0 Å². The van der Waals surface area contributed by atoms with Gasteiger partial charge in [-0.15, -0.1) is 0 Å². The number of anilines is 2. The second-order valence-corrected chi connectivity index (χ2v) is 8.85. The summed E-state index contributed by atoms with van der Waals surface area (Å²) in [6.07, 6.45) is 1.93. The van der Waals surface area contributed by atoms with Gasteiger partial charge >= 0.3 is 5.97 Å². The molecule has 4 aromatic rings. The molecule has 0 saturated carbocycles. The second kappa shape index (κ2) is 9.71. The topological polar surface area (TPSA) is 140 Å². The number of hydrogen-bond acceptors (Lipinski definition) is 8. The molecule has 0 bridgehead atoms. The van der Waals surface area contributed by atoms with Crippen molar-refractivity contribution in [3.63, 3.8) is 0 Å². The van der Waals surface area contributed by atoms with E-state index in [0.29, 0.717) is 16.8 Å². The Balaban J connectivity index is 1.40. The number of nitrogens with one attached hydrogen (secondary N) is 2. The monoisotopic (exact) mass is 480 g/mol. The zero-order chi connectivity index (χ0) is 24.1. The molecule has 34 heavy (non-hydrogen) atoms. The summed E-state index contributed by atoms with van der Waals surface area (Å²) in [5, 5.41) is 2.63. The fourth-order valence-electron chi connectivity index (χ4n) is 3.06. The van der Waals surface area contributed by atoms with Gasteiger partial charge in [-0.1, -0.05) is 13.0 Å². The molecule has 2 aromatic carbocycles. The molecule has 1 atom stereocenters. The van der Waals surface area contributed by atoms with Crippen molar-refractivity contribution in [2.75, 3.05) is 10.0 Å². The first-order valence-corrected chi connectivity index (χ1v) is 11.7. The predicted octanol–water partition coefficient (Wildman–Crippen LogP) is 3.60. The van der Waals surface area contributed by atoms with Crippen LogP contribution >= 0.6 is 0 Å². The Morgan fingerprint density at radius 3 is 2.56 bits per heavy atom. The molecule has 2 aromatic heterocycles. The Hall–Kier alpha value is -4.25. The smallest absolute Gasteiger partial charge is 0.339 e. The molecule has 0 aliphatic heterocycles.